The lowest BCUT2D eigenvalue weighted by Gasteiger charge is -2.03. The Morgan fingerprint density at radius 2 is 2.43 bits per heavy atom. The molecule has 0 saturated carbocycles. The molecule has 7 heavy (non-hydrogen) atoms. The van der Waals surface area contributed by atoms with E-state index in [1.165, 1.54) is 0 Å². The summed E-state index contributed by atoms with van der Waals surface area (Å²) in [4.78, 5) is 9.33. The Kier molecular flexibility index (Phi) is 2.29. The summed E-state index contributed by atoms with van der Waals surface area (Å²) in [5, 5.41) is 17.2. The van der Waals surface area contributed by atoms with Crippen LogP contribution < -0.4 is 5.11 Å². The van der Waals surface area contributed by atoms with Crippen molar-refractivity contribution in [1.29, 1.82) is 0 Å². The molecule has 0 heterocycles. The quantitative estimate of drug-likeness (QED) is 0.447. The summed E-state index contributed by atoms with van der Waals surface area (Å²) in [5.74, 6) is -1.78. The largest absolute Gasteiger partial charge is 0.547 e. The third-order valence-corrected chi connectivity index (χ3v) is 0.418. The number of carbonyl (C=O) groups is 1. The van der Waals surface area contributed by atoms with Crippen LogP contribution in [0.5, 0.6) is 0 Å². The number of aliphatic hydroxyl groups excluding tert-OH is 1. The minimum atomic E-state index is -1.96. The predicted molar refractivity (Wildman–Crippen MR) is 17.0 cm³/mol. The van der Waals surface area contributed by atoms with E-state index in [1.54, 1.807) is 0 Å². The number of carboxylic acid groups (broad SMARTS) is 1. The zero-order valence-corrected chi connectivity index (χ0v) is 3.43. The fourth-order valence-electron chi connectivity index (χ4n) is 0.0630. The summed E-state index contributed by atoms with van der Waals surface area (Å²) in [5.41, 5.74) is 0. The molecule has 0 amide bonds. The molecule has 0 radical (unpaired) electrons. The van der Waals surface area contributed by atoms with Crippen LogP contribution in [0.25, 0.3) is 0 Å². The number of hydrogen-bond acceptors (Lipinski definition) is 3. The van der Waals surface area contributed by atoms with Crippen LogP contribution in [0.4, 0.5) is 4.39 Å². The third-order valence-electron chi connectivity index (χ3n) is 0.418. The lowest BCUT2D eigenvalue weighted by molar-refractivity contribution is -0.315. The average molecular weight is 107 g/mol. The van der Waals surface area contributed by atoms with E-state index in [1.807, 2.05) is 0 Å². The van der Waals surface area contributed by atoms with Crippen molar-refractivity contribution in [2.75, 3.05) is 6.67 Å². The first-order chi connectivity index (χ1) is 3.18. The Hall–Kier alpha value is -0.640. The van der Waals surface area contributed by atoms with Crippen LogP contribution in [0.2, 0.25) is 0 Å². The number of halogens is 1. The number of alkyl halides is 1. The lowest BCUT2D eigenvalue weighted by Crippen LogP contribution is -2.36. The number of aliphatic hydroxyl groups is 1. The highest BCUT2D eigenvalue weighted by molar-refractivity contribution is 5.69. The Balaban J connectivity index is 3.34. The molecule has 0 spiro atoms. The van der Waals surface area contributed by atoms with Crippen molar-refractivity contribution in [3.8, 4) is 0 Å². The van der Waals surface area contributed by atoms with Gasteiger partial charge in [0.05, 0.1) is 5.97 Å². The van der Waals surface area contributed by atoms with E-state index < -0.39 is 18.7 Å². The first-order valence-corrected chi connectivity index (χ1v) is 1.63. The van der Waals surface area contributed by atoms with Crippen LogP contribution in [0, 0.1) is 0 Å². The van der Waals surface area contributed by atoms with Crippen LogP contribution in [0.1, 0.15) is 0 Å². The highest BCUT2D eigenvalue weighted by atomic mass is 19.1. The summed E-state index contributed by atoms with van der Waals surface area (Å²) in [6, 6.07) is 0. The van der Waals surface area contributed by atoms with Gasteiger partial charge in [-0.3, -0.25) is 0 Å². The fraction of sp³-hybridized carbons (Fsp3) is 0.667. The van der Waals surface area contributed by atoms with E-state index in [9.17, 15) is 14.3 Å². The zero-order valence-electron chi connectivity index (χ0n) is 3.43. The van der Waals surface area contributed by atoms with Crippen LogP contribution in [-0.4, -0.2) is 23.9 Å². The standard InChI is InChI=1S/C3H5FO3/c4-1-2(5)3(6)7/h2,5H,1H2,(H,6,7)/p-1. The molecule has 4 heteroatoms. The SMILES string of the molecule is O=C([O-])C(O)CF. The van der Waals surface area contributed by atoms with Gasteiger partial charge in [-0.2, -0.15) is 0 Å². The molecule has 1 unspecified atom stereocenters. The molecular weight excluding hydrogens is 103 g/mol. The molecule has 0 aromatic rings. The predicted octanol–water partition coefficient (Wildman–Crippen LogP) is -1.93. The summed E-state index contributed by atoms with van der Waals surface area (Å²) in [6.45, 7) is -1.29. The smallest absolute Gasteiger partial charge is 0.122 e. The fourth-order valence-corrected chi connectivity index (χ4v) is 0.0630. The highest BCUT2D eigenvalue weighted by Gasteiger charge is 2.00. The Morgan fingerprint density at radius 3 is 2.43 bits per heavy atom. The number of carboxylic acids is 1. The highest BCUT2D eigenvalue weighted by Crippen LogP contribution is 1.77. The van der Waals surface area contributed by atoms with Gasteiger partial charge in [0.1, 0.15) is 12.8 Å². The van der Waals surface area contributed by atoms with Gasteiger partial charge in [-0.05, 0) is 0 Å². The summed E-state index contributed by atoms with van der Waals surface area (Å²) in [6.07, 6.45) is -1.96. The normalized spacial score (nSPS) is 13.4. The summed E-state index contributed by atoms with van der Waals surface area (Å²) in [7, 11) is 0. The third kappa shape index (κ3) is 2.11. The van der Waals surface area contributed by atoms with Gasteiger partial charge in [-0.25, -0.2) is 4.39 Å². The van der Waals surface area contributed by atoms with Gasteiger partial charge < -0.3 is 15.0 Å². The molecule has 0 aromatic carbocycles. The molecule has 0 aromatic heterocycles. The van der Waals surface area contributed by atoms with Crippen molar-refractivity contribution >= 4 is 5.97 Å². The van der Waals surface area contributed by atoms with Crippen molar-refractivity contribution in [3.63, 3.8) is 0 Å². The van der Waals surface area contributed by atoms with Crippen LogP contribution in [-0.2, 0) is 4.79 Å². The molecule has 0 fully saturated rings. The molecule has 1 N–H and O–H groups in total. The Bertz CT molecular complexity index is 72.6. The van der Waals surface area contributed by atoms with E-state index in [0.29, 0.717) is 0 Å². The van der Waals surface area contributed by atoms with Crippen molar-refractivity contribution < 1.29 is 19.4 Å². The van der Waals surface area contributed by atoms with Gasteiger partial charge in [0.25, 0.3) is 0 Å². The number of rotatable bonds is 2. The first kappa shape index (κ1) is 6.36. The molecule has 3 nitrogen and oxygen atoms in total. The molecule has 0 aliphatic rings. The minimum Gasteiger partial charge on any atom is -0.547 e. The first-order valence-electron chi connectivity index (χ1n) is 1.63. The maximum atomic E-state index is 11.0. The lowest BCUT2D eigenvalue weighted by atomic mass is 10.4. The van der Waals surface area contributed by atoms with Crippen LogP contribution in [0.15, 0.2) is 0 Å². The molecule has 42 valence electrons. The molecule has 0 saturated heterocycles. The van der Waals surface area contributed by atoms with Gasteiger partial charge in [0.2, 0.25) is 0 Å². The van der Waals surface area contributed by atoms with Gasteiger partial charge in [-0.15, -0.1) is 0 Å². The molecule has 0 bridgehead atoms. The van der Waals surface area contributed by atoms with Crippen LogP contribution in [0.3, 0.4) is 0 Å². The number of aliphatic carboxylic acids is 1. The average Bonchev–Trinajstić information content (AvgIpc) is 1.65. The van der Waals surface area contributed by atoms with Crippen molar-refractivity contribution in [2.24, 2.45) is 0 Å². The van der Waals surface area contributed by atoms with Crippen molar-refractivity contribution in [1.82, 2.24) is 0 Å². The van der Waals surface area contributed by atoms with E-state index >= 15 is 0 Å². The van der Waals surface area contributed by atoms with E-state index in [2.05, 4.69) is 0 Å². The topological polar surface area (TPSA) is 60.4 Å². The second kappa shape index (κ2) is 2.52. The van der Waals surface area contributed by atoms with Gasteiger partial charge in [0, 0.05) is 0 Å². The maximum Gasteiger partial charge on any atom is 0.122 e. The Labute approximate surface area is 39.4 Å². The second-order valence-electron chi connectivity index (χ2n) is 0.989. The molecule has 0 aliphatic heterocycles. The van der Waals surface area contributed by atoms with Crippen molar-refractivity contribution in [2.45, 2.75) is 6.10 Å². The Morgan fingerprint density at radius 1 is 2.00 bits per heavy atom. The van der Waals surface area contributed by atoms with Gasteiger partial charge in [0.15, 0.2) is 0 Å². The van der Waals surface area contributed by atoms with Crippen molar-refractivity contribution in [3.05, 3.63) is 0 Å². The van der Waals surface area contributed by atoms with Crippen LogP contribution >= 0.6 is 0 Å². The summed E-state index contributed by atoms with van der Waals surface area (Å²) < 4.78 is 11.0. The molecule has 0 aliphatic carbocycles. The van der Waals surface area contributed by atoms with Gasteiger partial charge >= 0.3 is 0 Å². The van der Waals surface area contributed by atoms with E-state index in [-0.39, 0.29) is 0 Å². The van der Waals surface area contributed by atoms with E-state index in [0.717, 1.165) is 0 Å². The molecular formula is C3H4FO3-. The molecule has 0 rings (SSSR count). The number of carbonyl (C=O) groups excluding carboxylic acids is 1. The minimum absolute atomic E-state index is 1.29. The van der Waals surface area contributed by atoms with E-state index in [4.69, 9.17) is 5.11 Å². The van der Waals surface area contributed by atoms with Gasteiger partial charge in [-0.1, -0.05) is 0 Å². The second-order valence-corrected chi connectivity index (χ2v) is 0.989. The number of hydrogen-bond donors (Lipinski definition) is 1. The maximum absolute atomic E-state index is 11.0. The zero-order chi connectivity index (χ0) is 5.86. The molecule has 1 atom stereocenters. The monoisotopic (exact) mass is 107 g/mol. The summed E-state index contributed by atoms with van der Waals surface area (Å²) >= 11 is 0.